The van der Waals surface area contributed by atoms with Gasteiger partial charge in [0.1, 0.15) is 12.4 Å². The number of hydrogen-bond donors (Lipinski definition) is 1. The van der Waals surface area contributed by atoms with Crippen molar-refractivity contribution in [2.75, 3.05) is 13.2 Å². The van der Waals surface area contributed by atoms with Gasteiger partial charge in [0.05, 0.1) is 12.5 Å². The fourth-order valence-corrected chi connectivity index (χ4v) is 2.25. The third kappa shape index (κ3) is 4.14. The Morgan fingerprint density at radius 1 is 1.25 bits per heavy atom. The van der Waals surface area contributed by atoms with Gasteiger partial charge in [-0.2, -0.15) is 0 Å². The van der Waals surface area contributed by atoms with E-state index in [2.05, 4.69) is 44.3 Å². The molecule has 0 saturated carbocycles. The average molecular weight is 273 g/mol. The summed E-state index contributed by atoms with van der Waals surface area (Å²) in [6.45, 7) is 8.85. The van der Waals surface area contributed by atoms with E-state index in [0.717, 1.165) is 24.4 Å². The summed E-state index contributed by atoms with van der Waals surface area (Å²) in [7, 11) is 0. The average Bonchev–Trinajstić information content (AvgIpc) is 2.91. The number of benzene rings is 1. The van der Waals surface area contributed by atoms with Crippen LogP contribution in [0.5, 0.6) is 5.75 Å². The van der Waals surface area contributed by atoms with Crippen molar-refractivity contribution < 1.29 is 9.15 Å². The molecule has 0 aliphatic heterocycles. The lowest BCUT2D eigenvalue weighted by atomic mass is 9.98. The molecule has 2 rings (SSSR count). The largest absolute Gasteiger partial charge is 0.492 e. The van der Waals surface area contributed by atoms with Crippen LogP contribution in [0.3, 0.4) is 0 Å². The minimum absolute atomic E-state index is 0.556. The minimum Gasteiger partial charge on any atom is -0.492 e. The number of nitrogens with one attached hydrogen (secondary N) is 1. The lowest BCUT2D eigenvalue weighted by Crippen LogP contribution is -2.20. The monoisotopic (exact) mass is 273 g/mol. The van der Waals surface area contributed by atoms with E-state index in [1.807, 2.05) is 6.07 Å². The Hall–Kier alpha value is -1.74. The first kappa shape index (κ1) is 14.7. The van der Waals surface area contributed by atoms with Gasteiger partial charge in [-0.3, -0.25) is 0 Å². The third-order valence-electron chi connectivity index (χ3n) is 3.32. The van der Waals surface area contributed by atoms with Gasteiger partial charge < -0.3 is 14.5 Å². The number of furan rings is 1. The second-order valence-corrected chi connectivity index (χ2v) is 5.33. The van der Waals surface area contributed by atoms with Crippen molar-refractivity contribution in [2.24, 2.45) is 0 Å². The standard InChI is InChI=1S/C17H23NO2/c1-13(2)17-5-4-16(10-14(17)3)20-9-7-18-11-15-6-8-19-12-15/h4-6,8,10,12-13,18H,7,9,11H2,1-3H3. The number of hydrogen-bond acceptors (Lipinski definition) is 3. The van der Waals surface area contributed by atoms with Gasteiger partial charge in [-0.25, -0.2) is 0 Å². The van der Waals surface area contributed by atoms with E-state index in [0.29, 0.717) is 12.5 Å². The second kappa shape index (κ2) is 7.15. The Bertz CT molecular complexity index is 518. The fraction of sp³-hybridized carbons (Fsp3) is 0.412. The molecule has 0 atom stereocenters. The Kier molecular flexibility index (Phi) is 5.24. The zero-order valence-electron chi connectivity index (χ0n) is 12.5. The quantitative estimate of drug-likeness (QED) is 0.777. The van der Waals surface area contributed by atoms with Gasteiger partial charge in [-0.05, 0) is 42.2 Å². The summed E-state index contributed by atoms with van der Waals surface area (Å²) in [6.07, 6.45) is 3.44. The molecule has 0 bridgehead atoms. The van der Waals surface area contributed by atoms with E-state index in [1.54, 1.807) is 12.5 Å². The molecule has 3 nitrogen and oxygen atoms in total. The highest BCUT2D eigenvalue weighted by atomic mass is 16.5. The maximum atomic E-state index is 5.76. The molecule has 0 aliphatic rings. The molecule has 0 saturated heterocycles. The van der Waals surface area contributed by atoms with Crippen LogP contribution in [-0.4, -0.2) is 13.2 Å². The molecule has 0 unspecified atom stereocenters. The van der Waals surface area contributed by atoms with E-state index in [4.69, 9.17) is 9.15 Å². The first-order valence-corrected chi connectivity index (χ1v) is 7.12. The van der Waals surface area contributed by atoms with Gasteiger partial charge in [0.15, 0.2) is 0 Å². The number of ether oxygens (including phenoxy) is 1. The molecule has 0 aliphatic carbocycles. The van der Waals surface area contributed by atoms with Crippen LogP contribution < -0.4 is 10.1 Å². The topological polar surface area (TPSA) is 34.4 Å². The highest BCUT2D eigenvalue weighted by molar-refractivity contribution is 5.36. The van der Waals surface area contributed by atoms with Gasteiger partial charge in [-0.1, -0.05) is 19.9 Å². The first-order chi connectivity index (χ1) is 9.66. The van der Waals surface area contributed by atoms with Crippen LogP contribution in [-0.2, 0) is 6.54 Å². The van der Waals surface area contributed by atoms with E-state index in [1.165, 1.54) is 11.1 Å². The zero-order valence-corrected chi connectivity index (χ0v) is 12.5. The van der Waals surface area contributed by atoms with Crippen LogP contribution in [0.4, 0.5) is 0 Å². The van der Waals surface area contributed by atoms with Crippen molar-refractivity contribution in [2.45, 2.75) is 33.2 Å². The molecule has 2 aromatic rings. The molecule has 1 heterocycles. The smallest absolute Gasteiger partial charge is 0.119 e. The number of rotatable bonds is 7. The molecular weight excluding hydrogens is 250 g/mol. The van der Waals surface area contributed by atoms with Crippen molar-refractivity contribution in [3.05, 3.63) is 53.5 Å². The summed E-state index contributed by atoms with van der Waals surface area (Å²) in [6, 6.07) is 8.29. The Balaban J connectivity index is 1.72. The van der Waals surface area contributed by atoms with Crippen LogP contribution >= 0.6 is 0 Å². The van der Waals surface area contributed by atoms with Gasteiger partial charge in [-0.15, -0.1) is 0 Å². The highest BCUT2D eigenvalue weighted by Gasteiger charge is 2.04. The molecule has 1 aromatic heterocycles. The number of aryl methyl sites for hydroxylation is 1. The predicted molar refractivity (Wildman–Crippen MR) is 81.2 cm³/mol. The Morgan fingerprint density at radius 3 is 2.75 bits per heavy atom. The second-order valence-electron chi connectivity index (χ2n) is 5.33. The molecule has 0 amide bonds. The summed E-state index contributed by atoms with van der Waals surface area (Å²) < 4.78 is 10.8. The predicted octanol–water partition coefficient (Wildman–Crippen LogP) is 3.88. The summed E-state index contributed by atoms with van der Waals surface area (Å²) in [4.78, 5) is 0. The maximum Gasteiger partial charge on any atom is 0.119 e. The van der Waals surface area contributed by atoms with Crippen LogP contribution in [0.15, 0.2) is 41.2 Å². The molecule has 0 spiro atoms. The highest BCUT2D eigenvalue weighted by Crippen LogP contribution is 2.23. The van der Waals surface area contributed by atoms with Gasteiger partial charge in [0.2, 0.25) is 0 Å². The molecule has 0 radical (unpaired) electrons. The van der Waals surface area contributed by atoms with Gasteiger partial charge in [0, 0.05) is 18.7 Å². The van der Waals surface area contributed by atoms with Crippen LogP contribution in [0.1, 0.15) is 36.5 Å². The van der Waals surface area contributed by atoms with E-state index in [9.17, 15) is 0 Å². The Labute approximate surface area is 121 Å². The molecule has 108 valence electrons. The molecule has 0 fully saturated rings. The van der Waals surface area contributed by atoms with Crippen molar-refractivity contribution in [3.8, 4) is 5.75 Å². The van der Waals surface area contributed by atoms with Crippen molar-refractivity contribution in [1.29, 1.82) is 0 Å². The maximum absolute atomic E-state index is 5.76. The zero-order chi connectivity index (χ0) is 14.4. The van der Waals surface area contributed by atoms with E-state index < -0.39 is 0 Å². The first-order valence-electron chi connectivity index (χ1n) is 7.12. The molecular formula is C17H23NO2. The molecule has 20 heavy (non-hydrogen) atoms. The van der Waals surface area contributed by atoms with Crippen LogP contribution in [0, 0.1) is 6.92 Å². The molecule has 1 aromatic carbocycles. The minimum atomic E-state index is 0.556. The summed E-state index contributed by atoms with van der Waals surface area (Å²) in [5.74, 6) is 1.50. The third-order valence-corrected chi connectivity index (χ3v) is 3.32. The summed E-state index contributed by atoms with van der Waals surface area (Å²) in [5.41, 5.74) is 3.83. The fourth-order valence-electron chi connectivity index (χ4n) is 2.25. The lowest BCUT2D eigenvalue weighted by molar-refractivity contribution is 0.313. The summed E-state index contributed by atoms with van der Waals surface area (Å²) in [5, 5.41) is 3.32. The summed E-state index contributed by atoms with van der Waals surface area (Å²) >= 11 is 0. The van der Waals surface area contributed by atoms with E-state index in [-0.39, 0.29) is 0 Å². The van der Waals surface area contributed by atoms with E-state index >= 15 is 0 Å². The molecule has 3 heteroatoms. The Morgan fingerprint density at radius 2 is 2.10 bits per heavy atom. The normalized spacial score (nSPS) is 11.0. The van der Waals surface area contributed by atoms with Crippen molar-refractivity contribution in [3.63, 3.8) is 0 Å². The SMILES string of the molecule is Cc1cc(OCCNCc2ccoc2)ccc1C(C)C. The van der Waals surface area contributed by atoms with Crippen molar-refractivity contribution >= 4 is 0 Å². The lowest BCUT2D eigenvalue weighted by Gasteiger charge is -2.12. The van der Waals surface area contributed by atoms with Gasteiger partial charge in [0.25, 0.3) is 0 Å². The van der Waals surface area contributed by atoms with Gasteiger partial charge >= 0.3 is 0 Å². The van der Waals surface area contributed by atoms with Crippen LogP contribution in [0.2, 0.25) is 0 Å². The van der Waals surface area contributed by atoms with Crippen molar-refractivity contribution in [1.82, 2.24) is 5.32 Å². The van der Waals surface area contributed by atoms with Crippen LogP contribution in [0.25, 0.3) is 0 Å². The molecule has 1 N–H and O–H groups in total.